The highest BCUT2D eigenvalue weighted by atomic mass is 35.5. The van der Waals surface area contributed by atoms with Gasteiger partial charge in [-0.3, -0.25) is 9.59 Å². The van der Waals surface area contributed by atoms with Gasteiger partial charge in [0.25, 0.3) is 5.91 Å². The molecule has 0 unspecified atom stereocenters. The van der Waals surface area contributed by atoms with Crippen LogP contribution < -0.4 is 10.1 Å². The topological polar surface area (TPSA) is 83.4 Å². The fourth-order valence-electron chi connectivity index (χ4n) is 4.46. The number of rotatable bonds is 7. The molecule has 0 aliphatic carbocycles. The molecule has 0 saturated heterocycles. The number of nitrogens with one attached hydrogen (secondary N) is 1. The van der Waals surface area contributed by atoms with E-state index in [9.17, 15) is 9.59 Å². The fraction of sp³-hybridized carbons (Fsp3) is 0.241. The van der Waals surface area contributed by atoms with E-state index in [1.54, 1.807) is 18.2 Å². The lowest BCUT2D eigenvalue weighted by Gasteiger charge is -2.23. The van der Waals surface area contributed by atoms with E-state index in [1.165, 1.54) is 24.4 Å². The van der Waals surface area contributed by atoms with E-state index >= 15 is 0 Å². The zero-order chi connectivity index (χ0) is 26.6. The van der Waals surface area contributed by atoms with Gasteiger partial charge < -0.3 is 10.1 Å². The Balaban J connectivity index is 1.32. The second-order valence-corrected chi connectivity index (χ2v) is 10.6. The van der Waals surface area contributed by atoms with Gasteiger partial charge in [-0.2, -0.15) is 10.1 Å². The molecule has 38 heavy (non-hydrogen) atoms. The van der Waals surface area contributed by atoms with Gasteiger partial charge >= 0.3 is 0 Å². The van der Waals surface area contributed by atoms with Crippen LogP contribution in [-0.4, -0.2) is 40.1 Å². The molecule has 3 aromatic rings. The summed E-state index contributed by atoms with van der Waals surface area (Å²) < 4.78 is 5.15. The van der Waals surface area contributed by atoms with Crippen molar-refractivity contribution < 1.29 is 14.3 Å². The maximum atomic E-state index is 12.8. The Morgan fingerprint density at radius 1 is 1.13 bits per heavy atom. The number of benzene rings is 3. The molecule has 0 radical (unpaired) electrons. The molecule has 5 rings (SSSR count). The molecular formula is C29H27ClN4O3S. The Morgan fingerprint density at radius 2 is 1.89 bits per heavy atom. The maximum absolute atomic E-state index is 12.8. The molecule has 2 atom stereocenters. The summed E-state index contributed by atoms with van der Waals surface area (Å²) in [5.74, 6) is -0.115. The zero-order valence-corrected chi connectivity index (χ0v) is 22.6. The van der Waals surface area contributed by atoms with Crippen molar-refractivity contribution >= 4 is 51.7 Å². The Hall–Kier alpha value is -3.62. The number of hydrogen-bond acceptors (Lipinski definition) is 6. The van der Waals surface area contributed by atoms with Crippen molar-refractivity contribution in [3.05, 3.63) is 94.5 Å². The predicted octanol–water partition coefficient (Wildman–Crippen LogP) is 6.09. The molecule has 9 heteroatoms. The van der Waals surface area contributed by atoms with E-state index in [-0.39, 0.29) is 24.3 Å². The van der Waals surface area contributed by atoms with E-state index in [0.29, 0.717) is 28.0 Å². The van der Waals surface area contributed by atoms with Gasteiger partial charge in [0.15, 0.2) is 5.17 Å². The third kappa shape index (κ3) is 5.61. The molecule has 194 valence electrons. The highest BCUT2D eigenvalue weighted by Crippen LogP contribution is 2.39. The number of amides is 2. The lowest BCUT2D eigenvalue weighted by atomic mass is 9.97. The first-order valence-corrected chi connectivity index (χ1v) is 13.6. The van der Waals surface area contributed by atoms with Crippen molar-refractivity contribution in [2.75, 3.05) is 12.4 Å². The van der Waals surface area contributed by atoms with Crippen molar-refractivity contribution in [1.29, 1.82) is 0 Å². The SMILES string of the molecule is CCc1ccc([C@H]2CC(c3ccccc3)=NN2C2=NC(=O)[C@H](CC(=O)Nc3ccc(OC)c(Cl)c3)S2)cc1. The minimum atomic E-state index is -0.627. The minimum absolute atomic E-state index is 0.0148. The third-order valence-corrected chi connectivity index (χ3v) is 7.96. The largest absolute Gasteiger partial charge is 0.495 e. The van der Waals surface area contributed by atoms with Crippen LogP contribution in [0.3, 0.4) is 0 Å². The summed E-state index contributed by atoms with van der Waals surface area (Å²) in [5, 5.41) is 9.82. The number of hydrogen-bond donors (Lipinski definition) is 1. The van der Waals surface area contributed by atoms with Crippen molar-refractivity contribution in [2.45, 2.75) is 37.5 Å². The van der Waals surface area contributed by atoms with Crippen molar-refractivity contribution in [3.63, 3.8) is 0 Å². The second-order valence-electron chi connectivity index (χ2n) is 9.01. The highest BCUT2D eigenvalue weighted by Gasteiger charge is 2.39. The molecule has 0 saturated carbocycles. The van der Waals surface area contributed by atoms with E-state index in [1.807, 2.05) is 35.3 Å². The summed E-state index contributed by atoms with van der Waals surface area (Å²) in [6.07, 6.45) is 1.63. The van der Waals surface area contributed by atoms with Crippen LogP contribution in [0.4, 0.5) is 5.69 Å². The van der Waals surface area contributed by atoms with Crippen molar-refractivity contribution in [2.24, 2.45) is 10.1 Å². The first-order valence-electron chi connectivity index (χ1n) is 12.4. The van der Waals surface area contributed by atoms with Crippen LogP contribution in [0.2, 0.25) is 5.02 Å². The standard InChI is InChI=1S/C29H27ClN4O3S/c1-3-18-9-11-20(12-10-18)24-16-23(19-7-5-4-6-8-19)33-34(24)29-32-28(36)26(38-29)17-27(35)31-21-13-14-25(37-2)22(30)15-21/h4-15,24,26H,3,16-17H2,1-2H3,(H,31,35)/t24-,26+/m1/s1. The summed E-state index contributed by atoms with van der Waals surface area (Å²) in [4.78, 5) is 29.9. The van der Waals surface area contributed by atoms with Crippen LogP contribution in [0.15, 0.2) is 82.9 Å². The number of carbonyl (C=O) groups is 2. The van der Waals surface area contributed by atoms with Crippen molar-refractivity contribution in [3.8, 4) is 5.75 Å². The Kier molecular flexibility index (Phi) is 7.81. The third-order valence-electron chi connectivity index (χ3n) is 6.52. The van der Waals surface area contributed by atoms with Gasteiger partial charge in [0.1, 0.15) is 11.0 Å². The number of methoxy groups -OCH3 is 1. The molecule has 2 aliphatic rings. The number of anilines is 1. The molecule has 2 amide bonds. The molecule has 7 nitrogen and oxygen atoms in total. The lowest BCUT2D eigenvalue weighted by molar-refractivity contribution is -0.121. The van der Waals surface area contributed by atoms with Gasteiger partial charge in [-0.05, 0) is 41.3 Å². The summed E-state index contributed by atoms with van der Waals surface area (Å²) >= 11 is 7.44. The average molecular weight is 547 g/mol. The molecule has 2 heterocycles. The van der Waals surface area contributed by atoms with E-state index in [0.717, 1.165) is 23.3 Å². The second kappa shape index (κ2) is 11.4. The quantitative estimate of drug-likeness (QED) is 0.388. The van der Waals surface area contributed by atoms with Gasteiger partial charge in [0.05, 0.1) is 23.9 Å². The van der Waals surface area contributed by atoms with E-state index < -0.39 is 5.25 Å². The maximum Gasteiger partial charge on any atom is 0.262 e. The van der Waals surface area contributed by atoms with Crippen LogP contribution in [0.25, 0.3) is 0 Å². The summed E-state index contributed by atoms with van der Waals surface area (Å²) in [7, 11) is 1.53. The van der Waals surface area contributed by atoms with Crippen LogP contribution in [-0.2, 0) is 16.0 Å². The van der Waals surface area contributed by atoms with Crippen LogP contribution in [0, 0.1) is 0 Å². The molecule has 0 spiro atoms. The first kappa shape index (κ1) is 26.0. The van der Waals surface area contributed by atoms with Gasteiger partial charge in [0, 0.05) is 18.5 Å². The molecule has 1 N–H and O–H groups in total. The molecule has 0 bridgehead atoms. The first-order chi connectivity index (χ1) is 18.4. The van der Waals surface area contributed by atoms with Crippen LogP contribution >= 0.6 is 23.4 Å². The van der Waals surface area contributed by atoms with Gasteiger partial charge in [-0.25, -0.2) is 5.01 Å². The molecule has 0 fully saturated rings. The Morgan fingerprint density at radius 3 is 2.58 bits per heavy atom. The number of aliphatic imine (C=N–C) groups is 1. The summed E-state index contributed by atoms with van der Waals surface area (Å²) in [6.45, 7) is 2.13. The number of thioether (sulfide) groups is 1. The average Bonchev–Trinajstić information content (AvgIpc) is 3.53. The monoisotopic (exact) mass is 546 g/mol. The van der Waals surface area contributed by atoms with Gasteiger partial charge in [-0.1, -0.05) is 84.9 Å². The van der Waals surface area contributed by atoms with Crippen molar-refractivity contribution in [1.82, 2.24) is 5.01 Å². The molecular weight excluding hydrogens is 520 g/mol. The summed E-state index contributed by atoms with van der Waals surface area (Å²) in [6, 6.07) is 23.4. The molecule has 2 aliphatic heterocycles. The number of halogens is 1. The number of carbonyl (C=O) groups excluding carboxylic acids is 2. The highest BCUT2D eigenvalue weighted by molar-refractivity contribution is 8.15. The van der Waals surface area contributed by atoms with E-state index in [4.69, 9.17) is 21.4 Å². The number of amidine groups is 1. The number of nitrogens with zero attached hydrogens (tertiary/aromatic N) is 3. The Labute approximate surface area is 230 Å². The van der Waals surface area contributed by atoms with Gasteiger partial charge in [-0.15, -0.1) is 0 Å². The normalized spacial score (nSPS) is 18.8. The smallest absolute Gasteiger partial charge is 0.262 e. The van der Waals surface area contributed by atoms with Gasteiger partial charge in [0.2, 0.25) is 5.91 Å². The Bertz CT molecular complexity index is 1410. The molecule has 0 aromatic heterocycles. The number of hydrazone groups is 1. The van der Waals surface area contributed by atoms with Crippen LogP contribution in [0.1, 0.15) is 42.5 Å². The van der Waals surface area contributed by atoms with Crippen LogP contribution in [0.5, 0.6) is 5.75 Å². The number of ether oxygens (including phenoxy) is 1. The molecule has 3 aromatic carbocycles. The fourth-order valence-corrected chi connectivity index (χ4v) is 5.78. The zero-order valence-electron chi connectivity index (χ0n) is 21.1. The summed E-state index contributed by atoms with van der Waals surface area (Å²) in [5.41, 5.74) is 4.86. The predicted molar refractivity (Wildman–Crippen MR) is 153 cm³/mol. The van der Waals surface area contributed by atoms with E-state index in [2.05, 4.69) is 41.5 Å². The number of aryl methyl sites for hydroxylation is 1. The lowest BCUT2D eigenvalue weighted by Crippen LogP contribution is -2.25. The minimum Gasteiger partial charge on any atom is -0.495 e.